The first-order chi connectivity index (χ1) is 12.9. The Kier molecular flexibility index (Phi) is 6.59. The molecule has 28 heavy (non-hydrogen) atoms. The second kappa shape index (κ2) is 8.38. The molecule has 0 aromatic heterocycles. The highest BCUT2D eigenvalue weighted by Crippen LogP contribution is 2.38. The molecule has 2 rings (SSSR count). The lowest BCUT2D eigenvalue weighted by Crippen LogP contribution is -2.38. The number of hydrogen-bond acceptors (Lipinski definition) is 5. The average Bonchev–Trinajstić information content (AvgIpc) is 2.96. The fourth-order valence-corrected chi connectivity index (χ4v) is 2.86. The molecule has 1 heterocycles. The van der Waals surface area contributed by atoms with E-state index in [0.717, 1.165) is 12.7 Å². The summed E-state index contributed by atoms with van der Waals surface area (Å²) < 4.78 is 50.0. The van der Waals surface area contributed by atoms with Gasteiger partial charge < -0.3 is 14.3 Å². The largest absolute Gasteiger partial charge is 0.444 e. The quantitative estimate of drug-likeness (QED) is 0.747. The maximum Gasteiger partial charge on any atom is 0.412 e. The molecule has 1 aliphatic rings. The smallest absolute Gasteiger partial charge is 0.412 e. The van der Waals surface area contributed by atoms with Crippen molar-refractivity contribution in [3.05, 3.63) is 29.8 Å². The topological polar surface area (TPSA) is 69.2 Å². The van der Waals surface area contributed by atoms with Crippen molar-refractivity contribution in [1.82, 2.24) is 0 Å². The molecule has 0 aliphatic carbocycles. The van der Waals surface area contributed by atoms with Gasteiger partial charge in [-0.25, -0.2) is 4.79 Å². The van der Waals surface area contributed by atoms with Gasteiger partial charge in [0.25, 0.3) is 0 Å². The van der Waals surface area contributed by atoms with Crippen molar-refractivity contribution >= 4 is 17.5 Å². The lowest BCUT2D eigenvalue weighted by molar-refractivity contribution is -0.226. The molecule has 0 fully saturated rings. The number of oxime groups is 1. The highest BCUT2D eigenvalue weighted by atomic mass is 19.4. The molecular weight excluding hydrogens is 377 g/mol. The van der Waals surface area contributed by atoms with Gasteiger partial charge in [0, 0.05) is 12.8 Å². The number of carbonyl (C=O) groups is 1. The molecule has 0 saturated heterocycles. The number of amides is 1. The molecule has 1 aromatic rings. The maximum atomic E-state index is 13.3. The molecule has 1 aliphatic heterocycles. The summed E-state index contributed by atoms with van der Waals surface area (Å²) in [5, 5.41) is 6.21. The zero-order valence-electron chi connectivity index (χ0n) is 16.5. The Balaban J connectivity index is 2.09. The van der Waals surface area contributed by atoms with Crippen LogP contribution >= 0.6 is 0 Å². The van der Waals surface area contributed by atoms with Crippen molar-refractivity contribution in [1.29, 1.82) is 0 Å². The normalized spacial score (nSPS) is 20.9. The Bertz CT molecular complexity index is 729. The molecule has 9 heteroatoms. The lowest BCUT2D eigenvalue weighted by Gasteiger charge is -2.22. The second-order valence-electron chi connectivity index (χ2n) is 7.67. The van der Waals surface area contributed by atoms with Gasteiger partial charge in [0.1, 0.15) is 5.60 Å². The van der Waals surface area contributed by atoms with Gasteiger partial charge in [-0.1, -0.05) is 24.2 Å². The molecule has 3 unspecified atom stereocenters. The third-order valence-corrected chi connectivity index (χ3v) is 4.11. The Morgan fingerprint density at radius 1 is 1.32 bits per heavy atom. The van der Waals surface area contributed by atoms with Crippen molar-refractivity contribution in [2.75, 3.05) is 12.4 Å². The number of nitrogens with zero attached hydrogens (tertiary/aromatic N) is 1. The van der Waals surface area contributed by atoms with E-state index >= 15 is 0 Å². The molecule has 1 amide bonds. The van der Waals surface area contributed by atoms with Crippen LogP contribution in [0.25, 0.3) is 0 Å². The second-order valence-corrected chi connectivity index (χ2v) is 7.67. The molecule has 1 aromatic carbocycles. The highest BCUT2D eigenvalue weighted by molar-refractivity contribution is 5.89. The summed E-state index contributed by atoms with van der Waals surface area (Å²) in [6.07, 6.45) is -6.55. The minimum absolute atomic E-state index is 0.0416. The van der Waals surface area contributed by atoms with Gasteiger partial charge >= 0.3 is 12.3 Å². The van der Waals surface area contributed by atoms with E-state index in [1.54, 1.807) is 52.0 Å². The average molecular weight is 402 g/mol. The van der Waals surface area contributed by atoms with Crippen molar-refractivity contribution in [3.8, 4) is 0 Å². The minimum atomic E-state index is -4.52. The highest BCUT2D eigenvalue weighted by Gasteiger charge is 2.53. The third-order valence-electron chi connectivity index (χ3n) is 4.11. The molecule has 1 N–H and O–H groups in total. The van der Waals surface area contributed by atoms with Gasteiger partial charge in [-0.15, -0.1) is 0 Å². The van der Waals surface area contributed by atoms with Crippen LogP contribution in [0, 0.1) is 5.92 Å². The summed E-state index contributed by atoms with van der Waals surface area (Å²) in [5.41, 5.74) is 0.487. The summed E-state index contributed by atoms with van der Waals surface area (Å²) in [6.45, 7) is 7.03. The molecule has 156 valence electrons. The minimum Gasteiger partial charge on any atom is -0.444 e. The van der Waals surface area contributed by atoms with Crippen LogP contribution in [-0.2, 0) is 14.3 Å². The van der Waals surface area contributed by atoms with Crippen molar-refractivity contribution in [2.24, 2.45) is 11.1 Å². The molecule has 0 saturated carbocycles. The predicted octanol–water partition coefficient (Wildman–Crippen LogP) is 5.06. The summed E-state index contributed by atoms with van der Waals surface area (Å²) in [6, 6.07) is 6.86. The number of halogens is 3. The van der Waals surface area contributed by atoms with E-state index in [1.807, 2.05) is 0 Å². The fourth-order valence-electron chi connectivity index (χ4n) is 2.86. The molecule has 3 atom stereocenters. The molecule has 0 spiro atoms. The number of carbonyl (C=O) groups excluding carboxylic acids is 1. The number of hydrogen-bond donors (Lipinski definition) is 1. The number of anilines is 1. The summed E-state index contributed by atoms with van der Waals surface area (Å²) in [7, 11) is 1.15. The standard InChI is InChI=1S/C19H25F3N2O4/c1-11(9-14-15(19(20,21)22)16(26-5)28-24-14)12-7-6-8-13(10-12)23-17(25)27-18(2,3)4/h6-8,10-11,15-16H,9H2,1-5H3,(H,23,25). The van der Waals surface area contributed by atoms with E-state index in [2.05, 4.69) is 10.5 Å². The lowest BCUT2D eigenvalue weighted by atomic mass is 9.89. The molecule has 0 bridgehead atoms. The van der Waals surface area contributed by atoms with Crippen molar-refractivity contribution in [3.63, 3.8) is 0 Å². The zero-order valence-corrected chi connectivity index (χ0v) is 16.5. The van der Waals surface area contributed by atoms with Gasteiger partial charge in [0.05, 0.1) is 5.71 Å². The van der Waals surface area contributed by atoms with Crippen LogP contribution in [0.2, 0.25) is 0 Å². The van der Waals surface area contributed by atoms with Gasteiger partial charge in [-0.2, -0.15) is 13.2 Å². The Labute approximate surface area is 162 Å². The molecule has 0 radical (unpaired) electrons. The van der Waals surface area contributed by atoms with E-state index in [-0.39, 0.29) is 18.1 Å². The van der Waals surface area contributed by atoms with E-state index in [9.17, 15) is 18.0 Å². The number of nitrogens with one attached hydrogen (secondary N) is 1. The Morgan fingerprint density at radius 3 is 2.57 bits per heavy atom. The van der Waals surface area contributed by atoms with Gasteiger partial charge in [0.2, 0.25) is 6.29 Å². The van der Waals surface area contributed by atoms with Crippen LogP contribution in [-0.4, -0.2) is 37.0 Å². The van der Waals surface area contributed by atoms with E-state index in [1.165, 1.54) is 0 Å². The molecular formula is C19H25F3N2O4. The Hall–Kier alpha value is -2.29. The van der Waals surface area contributed by atoms with E-state index < -0.39 is 30.1 Å². The van der Waals surface area contributed by atoms with E-state index in [4.69, 9.17) is 14.3 Å². The van der Waals surface area contributed by atoms with Crippen LogP contribution in [0.4, 0.5) is 23.7 Å². The molecule has 6 nitrogen and oxygen atoms in total. The van der Waals surface area contributed by atoms with Crippen LogP contribution < -0.4 is 5.32 Å². The third kappa shape index (κ3) is 5.85. The number of rotatable bonds is 5. The number of methoxy groups -OCH3 is 1. The summed E-state index contributed by atoms with van der Waals surface area (Å²) in [5.74, 6) is -2.19. The fraction of sp³-hybridized carbons (Fsp3) is 0.579. The first-order valence-electron chi connectivity index (χ1n) is 8.83. The Morgan fingerprint density at radius 2 is 2.00 bits per heavy atom. The summed E-state index contributed by atoms with van der Waals surface area (Å²) in [4.78, 5) is 16.7. The number of ether oxygens (including phenoxy) is 2. The first-order valence-corrected chi connectivity index (χ1v) is 8.83. The summed E-state index contributed by atoms with van der Waals surface area (Å²) >= 11 is 0. The van der Waals surface area contributed by atoms with Crippen molar-refractivity contribution in [2.45, 2.75) is 58.1 Å². The van der Waals surface area contributed by atoms with Crippen LogP contribution in [0.5, 0.6) is 0 Å². The zero-order chi connectivity index (χ0) is 21.1. The SMILES string of the molecule is COC1ON=C(CC(C)c2cccc(NC(=O)OC(C)(C)C)c2)C1C(F)(F)F. The van der Waals surface area contributed by atoms with Crippen LogP contribution in [0.15, 0.2) is 29.4 Å². The number of benzene rings is 1. The maximum absolute atomic E-state index is 13.3. The predicted molar refractivity (Wildman–Crippen MR) is 98.2 cm³/mol. The van der Waals surface area contributed by atoms with Gasteiger partial charge in [-0.3, -0.25) is 5.32 Å². The van der Waals surface area contributed by atoms with Gasteiger partial charge in [0.15, 0.2) is 5.92 Å². The number of alkyl halides is 3. The van der Waals surface area contributed by atoms with Crippen molar-refractivity contribution < 1.29 is 32.3 Å². The van der Waals surface area contributed by atoms with Crippen LogP contribution in [0.3, 0.4) is 0 Å². The van der Waals surface area contributed by atoms with Gasteiger partial charge in [-0.05, 0) is 50.8 Å². The first kappa shape index (κ1) is 22.0. The monoisotopic (exact) mass is 402 g/mol. The van der Waals surface area contributed by atoms with Crippen LogP contribution in [0.1, 0.15) is 45.6 Å². The van der Waals surface area contributed by atoms with E-state index in [0.29, 0.717) is 5.69 Å².